The smallest absolute Gasteiger partial charge is 0.245 e. The molecule has 132 valence electrons. The highest BCUT2D eigenvalue weighted by molar-refractivity contribution is 5.87. The molecular formula is C17H22N6O2. The van der Waals surface area contributed by atoms with E-state index in [2.05, 4.69) is 25.2 Å². The highest BCUT2D eigenvalue weighted by Crippen LogP contribution is 2.15. The molecule has 2 aromatic heterocycles. The third-order valence-corrected chi connectivity index (χ3v) is 4.26. The fraction of sp³-hybridized carbons (Fsp3) is 0.412. The van der Waals surface area contributed by atoms with Crippen molar-refractivity contribution in [3.05, 3.63) is 42.7 Å². The van der Waals surface area contributed by atoms with Crippen molar-refractivity contribution < 1.29 is 9.59 Å². The Bertz CT molecular complexity index is 695. The van der Waals surface area contributed by atoms with Crippen LogP contribution in [0.1, 0.15) is 12.6 Å². The van der Waals surface area contributed by atoms with Crippen molar-refractivity contribution in [1.82, 2.24) is 25.2 Å². The highest BCUT2D eigenvalue weighted by atomic mass is 16.2. The monoisotopic (exact) mass is 342 g/mol. The summed E-state index contributed by atoms with van der Waals surface area (Å²) in [7, 11) is 0. The summed E-state index contributed by atoms with van der Waals surface area (Å²) < 4.78 is 0. The van der Waals surface area contributed by atoms with E-state index in [0.29, 0.717) is 19.5 Å². The molecule has 2 amide bonds. The van der Waals surface area contributed by atoms with E-state index in [1.54, 1.807) is 18.7 Å². The molecule has 2 aromatic rings. The number of H-pyrrole nitrogens is 1. The van der Waals surface area contributed by atoms with Crippen LogP contribution in [-0.2, 0) is 16.0 Å². The van der Waals surface area contributed by atoms with E-state index in [1.165, 1.54) is 6.92 Å². The second-order valence-corrected chi connectivity index (χ2v) is 6.06. The van der Waals surface area contributed by atoms with Crippen LogP contribution in [0.2, 0.25) is 0 Å². The molecule has 1 aliphatic rings. The largest absolute Gasteiger partial charge is 0.367 e. The first-order valence-corrected chi connectivity index (χ1v) is 8.31. The van der Waals surface area contributed by atoms with E-state index in [-0.39, 0.29) is 11.8 Å². The van der Waals surface area contributed by atoms with Gasteiger partial charge in [0.15, 0.2) is 0 Å². The van der Waals surface area contributed by atoms with E-state index in [1.807, 2.05) is 23.2 Å². The second kappa shape index (κ2) is 7.78. The van der Waals surface area contributed by atoms with E-state index in [9.17, 15) is 9.59 Å². The van der Waals surface area contributed by atoms with Gasteiger partial charge in [-0.2, -0.15) is 0 Å². The molecule has 8 nitrogen and oxygen atoms in total. The Balaban J connectivity index is 1.61. The molecule has 1 atom stereocenters. The van der Waals surface area contributed by atoms with Crippen molar-refractivity contribution in [3.63, 3.8) is 0 Å². The van der Waals surface area contributed by atoms with Gasteiger partial charge in [0.2, 0.25) is 11.8 Å². The number of nitrogens with zero attached hydrogens (tertiary/aromatic N) is 4. The number of pyridine rings is 1. The fourth-order valence-electron chi connectivity index (χ4n) is 3.01. The molecule has 0 saturated carbocycles. The van der Waals surface area contributed by atoms with Crippen LogP contribution in [0.15, 0.2) is 37.1 Å². The third-order valence-electron chi connectivity index (χ3n) is 4.26. The lowest BCUT2D eigenvalue weighted by Gasteiger charge is -2.37. The minimum absolute atomic E-state index is 0.0596. The first-order chi connectivity index (χ1) is 12.1. The molecule has 3 heterocycles. The summed E-state index contributed by atoms with van der Waals surface area (Å²) in [6.07, 6.45) is 7.22. The van der Waals surface area contributed by atoms with Crippen LogP contribution in [-0.4, -0.2) is 63.9 Å². The van der Waals surface area contributed by atoms with Crippen molar-refractivity contribution in [2.24, 2.45) is 0 Å². The van der Waals surface area contributed by atoms with Gasteiger partial charge in [-0.3, -0.25) is 14.6 Å². The van der Waals surface area contributed by atoms with Crippen LogP contribution in [0.4, 0.5) is 5.69 Å². The highest BCUT2D eigenvalue weighted by Gasteiger charge is 2.28. The molecule has 2 N–H and O–H groups in total. The van der Waals surface area contributed by atoms with Crippen LogP contribution in [0.25, 0.3) is 0 Å². The molecule has 1 fully saturated rings. The number of aromatic nitrogens is 3. The normalized spacial score (nSPS) is 15.7. The van der Waals surface area contributed by atoms with Crippen LogP contribution in [0.5, 0.6) is 0 Å². The Kier molecular flexibility index (Phi) is 5.27. The average molecular weight is 342 g/mol. The molecule has 3 rings (SSSR count). The van der Waals surface area contributed by atoms with Gasteiger partial charge in [-0.25, -0.2) is 4.98 Å². The lowest BCUT2D eigenvalue weighted by Crippen LogP contribution is -2.55. The number of rotatable bonds is 5. The summed E-state index contributed by atoms with van der Waals surface area (Å²) in [5.74, 6) is -0.275. The molecule has 0 bridgehead atoms. The minimum atomic E-state index is -0.581. The average Bonchev–Trinajstić information content (AvgIpc) is 3.14. The summed E-state index contributed by atoms with van der Waals surface area (Å²) in [4.78, 5) is 39.4. The van der Waals surface area contributed by atoms with E-state index < -0.39 is 6.04 Å². The Labute approximate surface area is 146 Å². The number of hydrogen-bond donors (Lipinski definition) is 2. The zero-order chi connectivity index (χ0) is 17.6. The number of carbonyl (C=O) groups is 2. The number of aromatic amines is 1. The molecule has 1 aliphatic heterocycles. The molecule has 25 heavy (non-hydrogen) atoms. The Hall–Kier alpha value is -2.90. The van der Waals surface area contributed by atoms with Crippen molar-refractivity contribution in [2.45, 2.75) is 19.4 Å². The van der Waals surface area contributed by atoms with Crippen LogP contribution in [0.3, 0.4) is 0 Å². The molecule has 0 radical (unpaired) electrons. The van der Waals surface area contributed by atoms with Crippen LogP contribution < -0.4 is 10.2 Å². The number of imidazole rings is 1. The van der Waals surface area contributed by atoms with Gasteiger partial charge in [0, 0.05) is 57.6 Å². The van der Waals surface area contributed by atoms with Crippen LogP contribution >= 0.6 is 0 Å². The van der Waals surface area contributed by atoms with Crippen molar-refractivity contribution in [1.29, 1.82) is 0 Å². The van der Waals surface area contributed by atoms with Gasteiger partial charge in [0.05, 0.1) is 18.2 Å². The van der Waals surface area contributed by atoms with Gasteiger partial charge in [-0.15, -0.1) is 0 Å². The first kappa shape index (κ1) is 16.9. The summed E-state index contributed by atoms with van der Waals surface area (Å²) in [6, 6.07) is 3.34. The molecule has 0 unspecified atom stereocenters. The maximum atomic E-state index is 12.8. The topological polar surface area (TPSA) is 94.2 Å². The quantitative estimate of drug-likeness (QED) is 0.810. The summed E-state index contributed by atoms with van der Waals surface area (Å²) in [5, 5.41) is 2.76. The maximum Gasteiger partial charge on any atom is 0.245 e. The van der Waals surface area contributed by atoms with Crippen molar-refractivity contribution >= 4 is 17.5 Å². The van der Waals surface area contributed by atoms with E-state index in [4.69, 9.17) is 0 Å². The van der Waals surface area contributed by atoms with Crippen LogP contribution in [0, 0.1) is 0 Å². The zero-order valence-electron chi connectivity index (χ0n) is 14.2. The Morgan fingerprint density at radius 2 is 2.04 bits per heavy atom. The minimum Gasteiger partial charge on any atom is -0.367 e. The van der Waals surface area contributed by atoms with Crippen molar-refractivity contribution in [2.75, 3.05) is 31.1 Å². The molecular weight excluding hydrogens is 320 g/mol. The fourth-order valence-corrected chi connectivity index (χ4v) is 3.01. The predicted octanol–water partition coefficient (Wildman–Crippen LogP) is 0.201. The first-order valence-electron chi connectivity index (χ1n) is 8.31. The number of anilines is 1. The Morgan fingerprint density at radius 3 is 2.64 bits per heavy atom. The van der Waals surface area contributed by atoms with Gasteiger partial charge < -0.3 is 20.1 Å². The van der Waals surface area contributed by atoms with E-state index >= 15 is 0 Å². The molecule has 8 heteroatoms. The van der Waals surface area contributed by atoms with Gasteiger partial charge in [-0.1, -0.05) is 0 Å². The van der Waals surface area contributed by atoms with Gasteiger partial charge in [-0.05, 0) is 12.1 Å². The van der Waals surface area contributed by atoms with E-state index in [0.717, 1.165) is 24.5 Å². The standard InChI is InChI=1S/C17H22N6O2/c1-13(24)21-16(9-14-10-19-12-20-14)17(25)23-7-5-22(6-8-23)15-3-2-4-18-11-15/h2-4,10-12,16H,5-9H2,1H3,(H,19,20)(H,21,24)/t16-/m0/s1. The molecule has 0 aliphatic carbocycles. The summed E-state index contributed by atoms with van der Waals surface area (Å²) in [6.45, 7) is 4.15. The number of piperazine rings is 1. The third kappa shape index (κ3) is 4.34. The zero-order valence-corrected chi connectivity index (χ0v) is 14.2. The lowest BCUT2D eigenvalue weighted by molar-refractivity contribution is -0.136. The number of hydrogen-bond acceptors (Lipinski definition) is 5. The summed E-state index contributed by atoms with van der Waals surface area (Å²) in [5.41, 5.74) is 1.88. The SMILES string of the molecule is CC(=O)N[C@@H](Cc1cnc[nH]1)C(=O)N1CCN(c2cccnc2)CC1. The maximum absolute atomic E-state index is 12.8. The Morgan fingerprint density at radius 1 is 1.24 bits per heavy atom. The lowest BCUT2D eigenvalue weighted by atomic mass is 10.1. The number of amides is 2. The summed E-state index contributed by atoms with van der Waals surface area (Å²) >= 11 is 0. The molecule has 0 spiro atoms. The molecule has 0 aromatic carbocycles. The van der Waals surface area contributed by atoms with Crippen molar-refractivity contribution in [3.8, 4) is 0 Å². The number of nitrogens with one attached hydrogen (secondary N) is 2. The predicted molar refractivity (Wildman–Crippen MR) is 92.9 cm³/mol. The second-order valence-electron chi connectivity index (χ2n) is 6.06. The number of carbonyl (C=O) groups excluding carboxylic acids is 2. The van der Waals surface area contributed by atoms with Gasteiger partial charge in [0.1, 0.15) is 6.04 Å². The van der Waals surface area contributed by atoms with Gasteiger partial charge >= 0.3 is 0 Å². The van der Waals surface area contributed by atoms with Gasteiger partial charge in [0.25, 0.3) is 0 Å². The molecule has 1 saturated heterocycles.